The highest BCUT2D eigenvalue weighted by Crippen LogP contribution is 2.69. The molecule has 0 saturated heterocycles. The topological polar surface area (TPSA) is 16.4 Å². The monoisotopic (exact) mass is 593 g/mol. The van der Waals surface area contributed by atoms with E-state index in [-0.39, 0.29) is 5.41 Å². The van der Waals surface area contributed by atoms with Crippen molar-refractivity contribution in [3.63, 3.8) is 0 Å². The highest BCUT2D eigenvalue weighted by Gasteiger charge is 2.61. The number of benzene rings is 6. The van der Waals surface area contributed by atoms with Gasteiger partial charge in [0, 0.05) is 39.0 Å². The molecular formula is C44H35NO. The maximum Gasteiger partial charge on any atom is 0.137 e. The number of para-hydroxylation sites is 1. The second-order valence-corrected chi connectivity index (χ2v) is 14.6. The summed E-state index contributed by atoms with van der Waals surface area (Å²) in [6.07, 6.45) is 7.03. The maximum atomic E-state index is 6.45. The first-order chi connectivity index (χ1) is 22.8. The van der Waals surface area contributed by atoms with Gasteiger partial charge in [0.05, 0.1) is 5.69 Å². The third-order valence-electron chi connectivity index (χ3n) is 12.4. The van der Waals surface area contributed by atoms with Gasteiger partial charge in [0.2, 0.25) is 0 Å². The molecule has 0 N–H and O–H groups in total. The quantitative estimate of drug-likeness (QED) is 0.203. The van der Waals surface area contributed by atoms with E-state index in [1.54, 1.807) is 11.1 Å². The average Bonchev–Trinajstić information content (AvgIpc) is 3.60. The molecular weight excluding hydrogens is 558 g/mol. The zero-order valence-electron chi connectivity index (χ0n) is 25.8. The summed E-state index contributed by atoms with van der Waals surface area (Å²) in [5.41, 5.74) is 11.6. The minimum absolute atomic E-state index is 0.127. The van der Waals surface area contributed by atoms with Gasteiger partial charge >= 0.3 is 0 Å². The number of hydrogen-bond donors (Lipinski definition) is 0. The van der Waals surface area contributed by atoms with E-state index in [2.05, 4.69) is 132 Å². The fourth-order valence-electron chi connectivity index (χ4n) is 11.0. The van der Waals surface area contributed by atoms with Crippen molar-refractivity contribution in [2.24, 2.45) is 23.7 Å². The Kier molecular flexibility index (Phi) is 5.04. The first-order valence-electron chi connectivity index (χ1n) is 17.2. The van der Waals surface area contributed by atoms with E-state index < -0.39 is 0 Å². The maximum absolute atomic E-state index is 6.45. The van der Waals surface area contributed by atoms with E-state index in [1.807, 2.05) is 0 Å². The van der Waals surface area contributed by atoms with Crippen LogP contribution in [0.4, 0.5) is 17.1 Å². The summed E-state index contributed by atoms with van der Waals surface area (Å²) in [5.74, 6) is 3.32. The molecule has 4 fully saturated rings. The van der Waals surface area contributed by atoms with Crippen molar-refractivity contribution in [1.29, 1.82) is 0 Å². The van der Waals surface area contributed by atoms with Crippen LogP contribution >= 0.6 is 0 Å². The molecule has 0 aliphatic heterocycles. The van der Waals surface area contributed by atoms with Crippen LogP contribution in [0.25, 0.3) is 43.8 Å². The lowest BCUT2D eigenvalue weighted by atomic mass is 9.43. The molecule has 1 aromatic heterocycles. The third kappa shape index (κ3) is 3.27. The van der Waals surface area contributed by atoms with Gasteiger partial charge in [0.15, 0.2) is 0 Å². The average molecular weight is 594 g/mol. The minimum Gasteiger partial charge on any atom is -0.456 e. The Balaban J connectivity index is 1.17. The van der Waals surface area contributed by atoms with Crippen molar-refractivity contribution in [1.82, 2.24) is 0 Å². The van der Waals surface area contributed by atoms with Crippen LogP contribution in [0.15, 0.2) is 132 Å². The number of hydrogen-bond acceptors (Lipinski definition) is 2. The Morgan fingerprint density at radius 2 is 1.15 bits per heavy atom. The zero-order valence-corrected chi connectivity index (χ0v) is 25.8. The number of anilines is 3. The van der Waals surface area contributed by atoms with Gasteiger partial charge in [-0.2, -0.15) is 0 Å². The lowest BCUT2D eigenvalue weighted by Gasteiger charge is -2.61. The second-order valence-electron chi connectivity index (χ2n) is 14.6. The number of rotatable bonds is 3. The molecule has 222 valence electrons. The Bertz CT molecular complexity index is 2330. The van der Waals surface area contributed by atoms with Crippen LogP contribution in [0.1, 0.15) is 43.2 Å². The molecule has 1 spiro atoms. The molecule has 6 aromatic carbocycles. The van der Waals surface area contributed by atoms with Gasteiger partial charge in [-0.1, -0.05) is 84.9 Å². The summed E-state index contributed by atoms with van der Waals surface area (Å²) in [7, 11) is 0. The van der Waals surface area contributed by atoms with Gasteiger partial charge in [0.1, 0.15) is 11.2 Å². The zero-order chi connectivity index (χ0) is 30.0. The van der Waals surface area contributed by atoms with Crippen LogP contribution in [0.3, 0.4) is 0 Å². The molecule has 5 aliphatic carbocycles. The van der Waals surface area contributed by atoms with Gasteiger partial charge in [-0.15, -0.1) is 0 Å². The van der Waals surface area contributed by atoms with Gasteiger partial charge < -0.3 is 9.32 Å². The highest BCUT2D eigenvalue weighted by atomic mass is 16.3. The van der Waals surface area contributed by atoms with Crippen LogP contribution in [-0.4, -0.2) is 0 Å². The normalized spacial score (nSPS) is 25.5. The van der Waals surface area contributed by atoms with Crippen molar-refractivity contribution in [2.75, 3.05) is 4.90 Å². The van der Waals surface area contributed by atoms with E-state index in [1.165, 1.54) is 70.8 Å². The van der Waals surface area contributed by atoms with Gasteiger partial charge in [-0.3, -0.25) is 0 Å². The number of nitrogens with zero attached hydrogens (tertiary/aromatic N) is 1. The molecule has 4 bridgehead atoms. The highest BCUT2D eigenvalue weighted by molar-refractivity contribution is 6.07. The Morgan fingerprint density at radius 3 is 2.02 bits per heavy atom. The van der Waals surface area contributed by atoms with Gasteiger partial charge in [0.25, 0.3) is 0 Å². The molecule has 5 aliphatic rings. The molecule has 0 atom stereocenters. The third-order valence-corrected chi connectivity index (χ3v) is 12.4. The first-order valence-corrected chi connectivity index (χ1v) is 17.2. The largest absolute Gasteiger partial charge is 0.456 e. The summed E-state index contributed by atoms with van der Waals surface area (Å²) in [6, 6.07) is 47.5. The second kappa shape index (κ2) is 9.13. The summed E-state index contributed by atoms with van der Waals surface area (Å²) in [4.78, 5) is 2.49. The lowest BCUT2D eigenvalue weighted by Crippen LogP contribution is -2.55. The van der Waals surface area contributed by atoms with E-state index in [0.717, 1.165) is 45.9 Å². The van der Waals surface area contributed by atoms with Crippen molar-refractivity contribution >= 4 is 49.8 Å². The van der Waals surface area contributed by atoms with Crippen LogP contribution in [0.5, 0.6) is 0 Å². The summed E-state index contributed by atoms with van der Waals surface area (Å²) in [5, 5.41) is 4.83. The molecule has 0 radical (unpaired) electrons. The summed E-state index contributed by atoms with van der Waals surface area (Å²) < 4.78 is 6.45. The van der Waals surface area contributed by atoms with E-state index in [4.69, 9.17) is 4.42 Å². The molecule has 46 heavy (non-hydrogen) atoms. The van der Waals surface area contributed by atoms with E-state index >= 15 is 0 Å². The number of furan rings is 1. The molecule has 12 rings (SSSR count). The van der Waals surface area contributed by atoms with Crippen LogP contribution in [0.2, 0.25) is 0 Å². The molecule has 2 heteroatoms. The molecule has 0 unspecified atom stereocenters. The predicted octanol–water partition coefficient (Wildman–Crippen LogP) is 11.9. The predicted molar refractivity (Wildman–Crippen MR) is 189 cm³/mol. The Hall–Kier alpha value is -4.82. The fourth-order valence-corrected chi connectivity index (χ4v) is 11.0. The van der Waals surface area contributed by atoms with Gasteiger partial charge in [-0.05, 0) is 120 Å². The lowest BCUT2D eigenvalue weighted by molar-refractivity contribution is -0.0399. The van der Waals surface area contributed by atoms with Gasteiger partial charge in [-0.25, -0.2) is 0 Å². The van der Waals surface area contributed by atoms with Crippen LogP contribution < -0.4 is 4.90 Å². The molecule has 4 saturated carbocycles. The standard InChI is InChI=1S/C44H35NO/c1-2-10-34-29(8-1)9-7-14-41(34)45(33-17-19-38-37-12-4-6-15-42(37)46-43(38)26-33)32-16-18-36-35-11-3-5-13-39(35)44(40(36)25-32)30-21-27-20-28(23-30)24-31(44)22-27/h1-19,25-28,30-31H,20-24H2. The Labute approximate surface area is 269 Å². The molecule has 1 heterocycles. The fraction of sp³-hybridized carbons (Fsp3) is 0.227. The van der Waals surface area contributed by atoms with E-state index in [0.29, 0.717) is 0 Å². The van der Waals surface area contributed by atoms with Crippen molar-refractivity contribution in [3.8, 4) is 11.1 Å². The number of fused-ring (bicyclic) bond motifs is 7. The van der Waals surface area contributed by atoms with Crippen molar-refractivity contribution in [2.45, 2.75) is 37.5 Å². The van der Waals surface area contributed by atoms with Crippen molar-refractivity contribution < 1.29 is 4.42 Å². The molecule has 0 amide bonds. The minimum atomic E-state index is 0.127. The van der Waals surface area contributed by atoms with Crippen LogP contribution in [-0.2, 0) is 5.41 Å². The SMILES string of the molecule is c1ccc2c(c1)-c1ccc(N(c3ccc4c(c3)oc3ccccc34)c3cccc4ccccc34)cc1C21C2CC3CC(C2)CC1C3. The van der Waals surface area contributed by atoms with E-state index in [9.17, 15) is 0 Å². The smallest absolute Gasteiger partial charge is 0.137 e. The van der Waals surface area contributed by atoms with Crippen molar-refractivity contribution in [3.05, 3.63) is 139 Å². The summed E-state index contributed by atoms with van der Waals surface area (Å²) in [6.45, 7) is 0. The molecule has 2 nitrogen and oxygen atoms in total. The van der Waals surface area contributed by atoms with Crippen LogP contribution in [0, 0.1) is 23.7 Å². The Morgan fingerprint density at radius 1 is 0.500 bits per heavy atom. The first kappa shape index (κ1) is 25.4. The summed E-state index contributed by atoms with van der Waals surface area (Å²) >= 11 is 0. The molecule has 7 aromatic rings.